The number of rotatable bonds is 2. The van der Waals surface area contributed by atoms with Gasteiger partial charge in [-0.3, -0.25) is 9.59 Å². The van der Waals surface area contributed by atoms with Crippen LogP contribution >= 0.6 is 11.6 Å². The monoisotopic (exact) mass is 266 g/mol. The number of anilines is 1. The summed E-state index contributed by atoms with van der Waals surface area (Å²) >= 11 is 5.57. The predicted molar refractivity (Wildman–Crippen MR) is 71.2 cm³/mol. The first-order chi connectivity index (χ1) is 8.54. The minimum absolute atomic E-state index is 0.0161. The second-order valence-corrected chi connectivity index (χ2v) is 4.74. The molecule has 5 heteroatoms. The van der Waals surface area contributed by atoms with Gasteiger partial charge in [0.15, 0.2) is 0 Å². The third-order valence-electron chi connectivity index (χ3n) is 3.04. The van der Waals surface area contributed by atoms with Gasteiger partial charge in [-0.25, -0.2) is 0 Å². The molecule has 4 nitrogen and oxygen atoms in total. The van der Waals surface area contributed by atoms with E-state index in [1.165, 1.54) is 0 Å². The zero-order chi connectivity index (χ0) is 13.3. The molecule has 0 unspecified atom stereocenters. The van der Waals surface area contributed by atoms with Crippen molar-refractivity contribution in [1.82, 2.24) is 4.90 Å². The molecule has 96 valence electrons. The third-order valence-corrected chi connectivity index (χ3v) is 3.27. The smallest absolute Gasteiger partial charge is 0.253 e. The molecule has 0 radical (unpaired) electrons. The summed E-state index contributed by atoms with van der Waals surface area (Å²) in [5, 5.41) is 0. The Labute approximate surface area is 111 Å². The molecule has 1 heterocycles. The number of hydrogen-bond donors (Lipinski definition) is 0. The fourth-order valence-electron chi connectivity index (χ4n) is 2.12. The van der Waals surface area contributed by atoms with Gasteiger partial charge < -0.3 is 9.80 Å². The summed E-state index contributed by atoms with van der Waals surface area (Å²) in [5.41, 5.74) is 2.55. The Kier molecular flexibility index (Phi) is 3.57. The zero-order valence-corrected chi connectivity index (χ0v) is 11.2. The summed E-state index contributed by atoms with van der Waals surface area (Å²) in [7, 11) is 3.44. The maximum Gasteiger partial charge on any atom is 0.253 e. The maximum absolute atomic E-state index is 11.8. The van der Waals surface area contributed by atoms with Gasteiger partial charge in [-0.1, -0.05) is 0 Å². The molecule has 2 amide bonds. The fraction of sp³-hybridized carbons (Fsp3) is 0.385. The summed E-state index contributed by atoms with van der Waals surface area (Å²) < 4.78 is 0. The molecular formula is C13H15ClN2O2. The van der Waals surface area contributed by atoms with E-state index in [9.17, 15) is 9.59 Å². The van der Waals surface area contributed by atoms with Crippen LogP contribution in [0.4, 0.5) is 5.69 Å². The van der Waals surface area contributed by atoms with Crippen molar-refractivity contribution >= 4 is 29.1 Å². The third kappa shape index (κ3) is 2.20. The largest absolute Gasteiger partial charge is 0.345 e. The van der Waals surface area contributed by atoms with Crippen molar-refractivity contribution < 1.29 is 9.59 Å². The van der Waals surface area contributed by atoms with Crippen molar-refractivity contribution in [2.24, 2.45) is 0 Å². The molecular weight excluding hydrogens is 252 g/mol. The zero-order valence-electron chi connectivity index (χ0n) is 10.4. The highest BCUT2D eigenvalue weighted by Crippen LogP contribution is 2.29. The van der Waals surface area contributed by atoms with Gasteiger partial charge in [0.1, 0.15) is 5.88 Å². The Morgan fingerprint density at radius 3 is 2.72 bits per heavy atom. The topological polar surface area (TPSA) is 40.6 Å². The number of nitrogens with zero attached hydrogens (tertiary/aromatic N) is 2. The normalized spacial score (nSPS) is 13.4. The number of halogens is 1. The summed E-state index contributed by atoms with van der Waals surface area (Å²) in [5.74, 6) is -0.139. The van der Waals surface area contributed by atoms with Crippen molar-refractivity contribution in [1.29, 1.82) is 0 Å². The molecule has 1 aromatic carbocycles. The minimum Gasteiger partial charge on any atom is -0.345 e. The summed E-state index contributed by atoms with van der Waals surface area (Å²) in [6.45, 7) is 0.639. The van der Waals surface area contributed by atoms with Gasteiger partial charge in [0, 0.05) is 31.9 Å². The number of carbonyl (C=O) groups excluding carboxylic acids is 2. The molecule has 0 spiro atoms. The van der Waals surface area contributed by atoms with E-state index in [1.807, 2.05) is 12.1 Å². The van der Waals surface area contributed by atoms with Crippen LogP contribution in [0.25, 0.3) is 0 Å². The highest BCUT2D eigenvalue weighted by Gasteiger charge is 2.24. The van der Waals surface area contributed by atoms with E-state index in [-0.39, 0.29) is 17.7 Å². The van der Waals surface area contributed by atoms with Gasteiger partial charge in [0.05, 0.1) is 0 Å². The molecule has 0 fully saturated rings. The molecule has 1 aliphatic heterocycles. The Balaban J connectivity index is 2.31. The molecule has 2 rings (SSSR count). The first kappa shape index (κ1) is 12.9. The summed E-state index contributed by atoms with van der Waals surface area (Å²) in [6.07, 6.45) is 0.770. The van der Waals surface area contributed by atoms with Crippen molar-refractivity contribution in [2.75, 3.05) is 31.4 Å². The molecule has 0 N–H and O–H groups in total. The fourth-order valence-corrected chi connectivity index (χ4v) is 2.27. The van der Waals surface area contributed by atoms with E-state index in [1.54, 1.807) is 30.0 Å². The highest BCUT2D eigenvalue weighted by atomic mass is 35.5. The molecule has 0 bridgehead atoms. The van der Waals surface area contributed by atoms with Crippen LogP contribution in [-0.2, 0) is 11.2 Å². The van der Waals surface area contributed by atoms with Gasteiger partial charge in [-0.05, 0) is 30.2 Å². The Hall–Kier alpha value is -1.55. The second kappa shape index (κ2) is 4.98. The lowest BCUT2D eigenvalue weighted by Gasteiger charge is -2.16. The molecule has 18 heavy (non-hydrogen) atoms. The Bertz CT molecular complexity index is 500. The van der Waals surface area contributed by atoms with Gasteiger partial charge in [0.2, 0.25) is 5.91 Å². The average molecular weight is 267 g/mol. The standard InChI is InChI=1S/C13H15ClN2O2/c1-15(2)13(18)10-3-4-11-9(7-10)5-6-16(11)12(17)8-14/h3-4,7H,5-6,8H2,1-2H3. The predicted octanol–water partition coefficient (Wildman–Crippen LogP) is 1.52. The van der Waals surface area contributed by atoms with Crippen molar-refractivity contribution in [3.8, 4) is 0 Å². The van der Waals surface area contributed by atoms with Gasteiger partial charge >= 0.3 is 0 Å². The van der Waals surface area contributed by atoms with Crippen molar-refractivity contribution in [3.63, 3.8) is 0 Å². The van der Waals surface area contributed by atoms with Crippen LogP contribution in [0.2, 0.25) is 0 Å². The molecule has 0 atom stereocenters. The summed E-state index contributed by atoms with van der Waals surface area (Å²) in [6, 6.07) is 5.43. The van der Waals surface area contributed by atoms with E-state index in [4.69, 9.17) is 11.6 Å². The molecule has 0 saturated carbocycles. The van der Waals surface area contributed by atoms with Crippen molar-refractivity contribution in [3.05, 3.63) is 29.3 Å². The molecule has 0 saturated heterocycles. The SMILES string of the molecule is CN(C)C(=O)c1ccc2c(c1)CCN2C(=O)CCl. The van der Waals surface area contributed by atoms with Crippen LogP contribution in [0.1, 0.15) is 15.9 Å². The van der Waals surface area contributed by atoms with Crippen LogP contribution in [0.5, 0.6) is 0 Å². The van der Waals surface area contributed by atoms with Gasteiger partial charge in [-0.15, -0.1) is 11.6 Å². The lowest BCUT2D eigenvalue weighted by atomic mass is 10.1. The molecule has 1 aromatic rings. The lowest BCUT2D eigenvalue weighted by molar-refractivity contribution is -0.116. The number of hydrogen-bond acceptors (Lipinski definition) is 2. The first-order valence-electron chi connectivity index (χ1n) is 5.75. The maximum atomic E-state index is 11.8. The van der Waals surface area contributed by atoms with Crippen LogP contribution in [-0.4, -0.2) is 43.2 Å². The van der Waals surface area contributed by atoms with E-state index in [0.717, 1.165) is 17.7 Å². The first-order valence-corrected chi connectivity index (χ1v) is 6.29. The Morgan fingerprint density at radius 2 is 2.11 bits per heavy atom. The number of carbonyl (C=O) groups is 2. The molecule has 0 aliphatic carbocycles. The summed E-state index contributed by atoms with van der Waals surface area (Å²) in [4.78, 5) is 26.7. The van der Waals surface area contributed by atoms with Gasteiger partial charge in [-0.2, -0.15) is 0 Å². The molecule has 0 aromatic heterocycles. The quantitative estimate of drug-likeness (QED) is 0.762. The number of alkyl halides is 1. The number of amides is 2. The average Bonchev–Trinajstić information content (AvgIpc) is 2.79. The number of fused-ring (bicyclic) bond motifs is 1. The van der Waals surface area contributed by atoms with E-state index >= 15 is 0 Å². The van der Waals surface area contributed by atoms with E-state index in [2.05, 4.69) is 0 Å². The highest BCUT2D eigenvalue weighted by molar-refractivity contribution is 6.29. The lowest BCUT2D eigenvalue weighted by Crippen LogP contribution is -2.29. The second-order valence-electron chi connectivity index (χ2n) is 4.47. The minimum atomic E-state index is -0.0953. The van der Waals surface area contributed by atoms with E-state index < -0.39 is 0 Å². The van der Waals surface area contributed by atoms with Crippen LogP contribution in [0.3, 0.4) is 0 Å². The molecule has 1 aliphatic rings. The van der Waals surface area contributed by atoms with Crippen LogP contribution in [0.15, 0.2) is 18.2 Å². The number of benzene rings is 1. The van der Waals surface area contributed by atoms with Crippen LogP contribution in [0, 0.1) is 0 Å². The Morgan fingerprint density at radius 1 is 1.39 bits per heavy atom. The van der Waals surface area contributed by atoms with Crippen molar-refractivity contribution in [2.45, 2.75) is 6.42 Å². The van der Waals surface area contributed by atoms with Crippen LogP contribution < -0.4 is 4.90 Å². The van der Waals surface area contributed by atoms with Gasteiger partial charge in [0.25, 0.3) is 5.91 Å². The van der Waals surface area contributed by atoms with E-state index in [0.29, 0.717) is 12.1 Å².